The third kappa shape index (κ3) is 831. The van der Waals surface area contributed by atoms with Crippen LogP contribution in [0.15, 0.2) is 26.3 Å². The zero-order valence-corrected chi connectivity index (χ0v) is 5.54. The van der Waals surface area contributed by atoms with Crippen LogP contribution in [-0.4, -0.2) is 0 Å². The van der Waals surface area contributed by atoms with Gasteiger partial charge in [0.15, 0.2) is 0 Å². The van der Waals surface area contributed by atoms with Crippen molar-refractivity contribution in [2.24, 2.45) is 0 Å². The fraction of sp³-hybridized carbons (Fsp3) is 0.556. The molecule has 0 nitrogen and oxygen atoms in total. The Hall–Kier alpha value is -0.520. The van der Waals surface area contributed by atoms with Gasteiger partial charge in [0, 0.05) is 0 Å². The monoisotopic (exact) mass is 132 g/mol. The zero-order chi connectivity index (χ0) is 6.71. The van der Waals surface area contributed by atoms with E-state index in [1.54, 1.807) is 0 Å². The van der Waals surface area contributed by atoms with Crippen molar-refractivity contribution in [3.8, 4) is 0 Å². The van der Waals surface area contributed by atoms with Crippen LogP contribution < -0.4 is 0 Å². The maximum Gasteiger partial charge on any atom is -0.0590 e. The largest absolute Gasteiger partial charge is 0.106 e. The molecule has 0 rings (SSSR count). The quantitative estimate of drug-likeness (QED) is 0.431. The first-order valence-electron chi connectivity index (χ1n) is 2.41. The van der Waals surface area contributed by atoms with Gasteiger partial charge >= 0.3 is 0 Å². The highest BCUT2D eigenvalue weighted by Gasteiger charge is 1.35. The molecule has 0 saturated heterocycles. The molecule has 0 aliphatic carbocycles. The van der Waals surface area contributed by atoms with Crippen molar-refractivity contribution in [3.63, 3.8) is 0 Å². The van der Waals surface area contributed by atoms with E-state index in [0.29, 0.717) is 0 Å². The van der Waals surface area contributed by atoms with Gasteiger partial charge in [0.25, 0.3) is 0 Å². The predicted molar refractivity (Wildman–Crippen MR) is 51.9 cm³/mol. The molecule has 0 N–H and O–H groups in total. The molecule has 0 aliphatic heterocycles. The Morgan fingerprint density at radius 3 is 0.778 bits per heavy atom. The lowest BCUT2D eigenvalue weighted by Gasteiger charge is -1.48. The van der Waals surface area contributed by atoms with Gasteiger partial charge in [0.2, 0.25) is 0 Å². The summed E-state index contributed by atoms with van der Waals surface area (Å²) in [5, 5.41) is 0. The van der Waals surface area contributed by atoms with Crippen LogP contribution in [0.5, 0.6) is 0 Å². The van der Waals surface area contributed by atoms with Crippen molar-refractivity contribution in [3.05, 3.63) is 26.3 Å². The Morgan fingerprint density at radius 2 is 0.778 bits per heavy atom. The summed E-state index contributed by atoms with van der Waals surface area (Å²) >= 11 is 0. The van der Waals surface area contributed by atoms with Gasteiger partial charge < -0.3 is 0 Å². The Labute approximate surface area is 62.3 Å². The molecule has 0 aromatic rings. The minimum atomic E-state index is 0. The summed E-state index contributed by atoms with van der Waals surface area (Å²) in [6, 6.07) is 0. The lowest BCUT2D eigenvalue weighted by atomic mass is 10.6. The second-order valence-electron chi connectivity index (χ2n) is 0.707. The van der Waals surface area contributed by atoms with Crippen LogP contribution in [0.2, 0.25) is 0 Å². The Morgan fingerprint density at radius 1 is 0.778 bits per heavy atom. The molecule has 0 fully saturated rings. The van der Waals surface area contributed by atoms with E-state index in [2.05, 4.69) is 40.2 Å². The van der Waals surface area contributed by atoms with E-state index < -0.39 is 0 Å². The first-order valence-corrected chi connectivity index (χ1v) is 2.41. The third-order valence-corrected chi connectivity index (χ3v) is 0. The first kappa shape index (κ1) is 39.2. The topological polar surface area (TPSA) is 0 Å². The standard InChI is InChI=1S/C3H8.2C2H4.2CH4/c1-3-2;2*1-2;;/h3H2,1-2H3;2*1-2H2;2*1H4. The molecular weight excluding hydrogens is 108 g/mol. The first-order chi connectivity index (χ1) is 3.41. The maximum atomic E-state index is 3.00. The summed E-state index contributed by atoms with van der Waals surface area (Å²) in [6.45, 7) is 16.2. The minimum absolute atomic E-state index is 0. The van der Waals surface area contributed by atoms with E-state index in [0.717, 1.165) is 0 Å². The van der Waals surface area contributed by atoms with Crippen molar-refractivity contribution < 1.29 is 0 Å². The molecular formula is C9H24. The van der Waals surface area contributed by atoms with Gasteiger partial charge in [-0.3, -0.25) is 0 Å². The van der Waals surface area contributed by atoms with E-state index in [9.17, 15) is 0 Å². The summed E-state index contributed by atoms with van der Waals surface area (Å²) in [5.74, 6) is 0. The summed E-state index contributed by atoms with van der Waals surface area (Å²) in [6.07, 6.45) is 1.25. The molecule has 0 radical (unpaired) electrons. The lowest BCUT2D eigenvalue weighted by Crippen LogP contribution is -1.27. The molecule has 60 valence electrons. The van der Waals surface area contributed by atoms with Gasteiger partial charge in [-0.25, -0.2) is 0 Å². The molecule has 0 aliphatic rings. The van der Waals surface area contributed by atoms with Gasteiger partial charge in [-0.2, -0.15) is 0 Å². The van der Waals surface area contributed by atoms with E-state index >= 15 is 0 Å². The van der Waals surface area contributed by atoms with Crippen molar-refractivity contribution in [2.45, 2.75) is 35.1 Å². The fourth-order valence-electron chi connectivity index (χ4n) is 0. The van der Waals surface area contributed by atoms with E-state index in [1.165, 1.54) is 6.42 Å². The average Bonchev–Trinajstić information content (AvgIpc) is 1.78. The molecule has 0 bridgehead atoms. The molecule has 0 amide bonds. The Bertz CT molecular complexity index is 7.51. The summed E-state index contributed by atoms with van der Waals surface area (Å²) in [5.41, 5.74) is 0. The molecule has 9 heavy (non-hydrogen) atoms. The molecule has 0 aromatic heterocycles. The summed E-state index contributed by atoms with van der Waals surface area (Å²) in [7, 11) is 0. The van der Waals surface area contributed by atoms with Gasteiger partial charge in [-0.1, -0.05) is 35.1 Å². The van der Waals surface area contributed by atoms with Crippen molar-refractivity contribution in [2.75, 3.05) is 0 Å². The molecule has 0 atom stereocenters. The van der Waals surface area contributed by atoms with Crippen LogP contribution in [0.4, 0.5) is 0 Å². The van der Waals surface area contributed by atoms with Crippen LogP contribution in [0.1, 0.15) is 35.1 Å². The highest BCUT2D eigenvalue weighted by atomic mass is 13.4. The molecule has 0 heterocycles. The van der Waals surface area contributed by atoms with Crippen molar-refractivity contribution in [1.29, 1.82) is 0 Å². The van der Waals surface area contributed by atoms with E-state index in [-0.39, 0.29) is 14.9 Å². The molecule has 0 spiro atoms. The number of hydrogen-bond donors (Lipinski definition) is 0. The number of hydrogen-bond acceptors (Lipinski definition) is 0. The average molecular weight is 132 g/mol. The van der Waals surface area contributed by atoms with Crippen LogP contribution >= 0.6 is 0 Å². The van der Waals surface area contributed by atoms with Crippen LogP contribution in [0, 0.1) is 0 Å². The fourth-order valence-corrected chi connectivity index (χ4v) is 0. The zero-order valence-electron chi connectivity index (χ0n) is 5.54. The van der Waals surface area contributed by atoms with E-state index in [1.807, 2.05) is 0 Å². The van der Waals surface area contributed by atoms with Crippen LogP contribution in [0.25, 0.3) is 0 Å². The molecule has 0 aromatic carbocycles. The van der Waals surface area contributed by atoms with Crippen LogP contribution in [0.3, 0.4) is 0 Å². The second kappa shape index (κ2) is 1360. The van der Waals surface area contributed by atoms with Gasteiger partial charge in [-0.15, -0.1) is 26.3 Å². The Balaban J connectivity index is -0.00000000825. The van der Waals surface area contributed by atoms with E-state index in [4.69, 9.17) is 0 Å². The minimum Gasteiger partial charge on any atom is -0.106 e. The van der Waals surface area contributed by atoms with Gasteiger partial charge in [0.1, 0.15) is 0 Å². The normalized spacial score (nSPS) is 2.89. The Kier molecular flexibility index (Phi) is 5930. The summed E-state index contributed by atoms with van der Waals surface area (Å²) in [4.78, 5) is 0. The SMILES string of the molecule is C.C.C=C.C=C.CCC. The highest BCUT2D eigenvalue weighted by molar-refractivity contribution is 4.22. The van der Waals surface area contributed by atoms with Crippen molar-refractivity contribution in [1.82, 2.24) is 0 Å². The predicted octanol–water partition coefficient (Wildman–Crippen LogP) is 4.29. The smallest absolute Gasteiger partial charge is 0.0590 e. The third-order valence-electron chi connectivity index (χ3n) is 0. The molecule has 0 saturated carbocycles. The molecule has 0 unspecified atom stereocenters. The van der Waals surface area contributed by atoms with Gasteiger partial charge in [0.05, 0.1) is 0 Å². The van der Waals surface area contributed by atoms with Crippen molar-refractivity contribution >= 4 is 0 Å². The summed E-state index contributed by atoms with van der Waals surface area (Å²) < 4.78 is 0. The molecule has 0 heteroatoms. The van der Waals surface area contributed by atoms with Crippen LogP contribution in [-0.2, 0) is 0 Å². The maximum absolute atomic E-state index is 3.00. The number of rotatable bonds is 0. The lowest BCUT2D eigenvalue weighted by molar-refractivity contribution is 1.09. The van der Waals surface area contributed by atoms with Gasteiger partial charge in [-0.05, 0) is 0 Å². The second-order valence-corrected chi connectivity index (χ2v) is 0.707. The highest BCUT2D eigenvalue weighted by Crippen LogP contribution is 1.56.